The molecular formula is C19H23FN4O2. The van der Waals surface area contributed by atoms with Crippen LogP contribution in [0, 0.1) is 5.95 Å². The Kier molecular flexibility index (Phi) is 5.88. The van der Waals surface area contributed by atoms with Gasteiger partial charge in [0.05, 0.1) is 6.54 Å². The zero-order chi connectivity index (χ0) is 18.4. The summed E-state index contributed by atoms with van der Waals surface area (Å²) in [6, 6.07) is 14.2. The molecule has 1 aliphatic rings. The van der Waals surface area contributed by atoms with Gasteiger partial charge in [-0.25, -0.2) is 9.78 Å². The van der Waals surface area contributed by atoms with Crippen LogP contribution < -0.4 is 15.0 Å². The van der Waals surface area contributed by atoms with E-state index in [1.54, 1.807) is 17.0 Å². The zero-order valence-electron chi connectivity index (χ0n) is 14.8. The number of hydrogen-bond acceptors (Lipinski definition) is 4. The number of rotatable bonds is 5. The first-order chi connectivity index (χ1) is 12.6. The molecule has 2 amide bonds. The lowest BCUT2D eigenvalue weighted by Crippen LogP contribution is -2.56. The van der Waals surface area contributed by atoms with Crippen LogP contribution in [-0.4, -0.2) is 54.7 Å². The Morgan fingerprint density at radius 1 is 1.23 bits per heavy atom. The summed E-state index contributed by atoms with van der Waals surface area (Å²) in [6.45, 7) is 4.60. The first kappa shape index (κ1) is 18.0. The smallest absolute Gasteiger partial charge is 0.317 e. The fraction of sp³-hybridized carbons (Fsp3) is 0.368. The zero-order valence-corrected chi connectivity index (χ0v) is 14.8. The largest absolute Gasteiger partial charge is 0.492 e. The highest BCUT2D eigenvalue weighted by molar-refractivity contribution is 5.74. The molecule has 2 aromatic rings. The Morgan fingerprint density at radius 3 is 2.77 bits per heavy atom. The average Bonchev–Trinajstić information content (AvgIpc) is 2.66. The highest BCUT2D eigenvalue weighted by atomic mass is 19.1. The van der Waals surface area contributed by atoms with Crippen molar-refractivity contribution in [2.75, 3.05) is 37.7 Å². The standard InChI is InChI=1S/C19H23FN4O2/c1-15-14-23(11-12-24(15)18-9-5-8-17(20)22-18)19(25)21-10-13-26-16-6-3-2-4-7-16/h2-9,15H,10-14H2,1H3,(H,21,25). The van der Waals surface area contributed by atoms with Crippen molar-refractivity contribution in [1.29, 1.82) is 0 Å². The molecule has 1 fully saturated rings. The van der Waals surface area contributed by atoms with Crippen molar-refractivity contribution in [1.82, 2.24) is 15.2 Å². The van der Waals surface area contributed by atoms with Gasteiger partial charge in [0.25, 0.3) is 0 Å². The maximum Gasteiger partial charge on any atom is 0.317 e. The maximum absolute atomic E-state index is 13.3. The molecular weight excluding hydrogens is 335 g/mol. The summed E-state index contributed by atoms with van der Waals surface area (Å²) in [4.78, 5) is 20.0. The van der Waals surface area contributed by atoms with Gasteiger partial charge in [-0.3, -0.25) is 0 Å². The second-order valence-corrected chi connectivity index (χ2v) is 6.20. The summed E-state index contributed by atoms with van der Waals surface area (Å²) in [7, 11) is 0. The van der Waals surface area contributed by atoms with Gasteiger partial charge in [-0.15, -0.1) is 0 Å². The summed E-state index contributed by atoms with van der Waals surface area (Å²) in [5, 5.41) is 2.87. The van der Waals surface area contributed by atoms with Crippen molar-refractivity contribution in [3.8, 4) is 5.75 Å². The lowest BCUT2D eigenvalue weighted by atomic mass is 10.2. The Balaban J connectivity index is 1.44. The summed E-state index contributed by atoms with van der Waals surface area (Å²) < 4.78 is 18.9. The van der Waals surface area contributed by atoms with Crippen LogP contribution in [0.25, 0.3) is 0 Å². The number of ether oxygens (including phenoxy) is 1. The van der Waals surface area contributed by atoms with Crippen molar-refractivity contribution in [3.63, 3.8) is 0 Å². The van der Waals surface area contributed by atoms with Gasteiger partial charge >= 0.3 is 6.03 Å². The van der Waals surface area contributed by atoms with E-state index in [4.69, 9.17) is 4.74 Å². The van der Waals surface area contributed by atoms with Crippen LogP contribution in [0.2, 0.25) is 0 Å². The number of carbonyl (C=O) groups is 1. The number of benzene rings is 1. The molecule has 0 saturated carbocycles. The van der Waals surface area contributed by atoms with E-state index in [2.05, 4.69) is 10.3 Å². The first-order valence-corrected chi connectivity index (χ1v) is 8.73. The van der Waals surface area contributed by atoms with Crippen LogP contribution in [0.5, 0.6) is 5.75 Å². The molecule has 6 nitrogen and oxygen atoms in total. The van der Waals surface area contributed by atoms with E-state index >= 15 is 0 Å². The summed E-state index contributed by atoms with van der Waals surface area (Å²) in [5.74, 6) is 0.897. The molecule has 1 aromatic carbocycles. The highest BCUT2D eigenvalue weighted by Gasteiger charge is 2.27. The Morgan fingerprint density at radius 2 is 2.04 bits per heavy atom. The molecule has 1 N–H and O–H groups in total. The molecule has 0 bridgehead atoms. The minimum Gasteiger partial charge on any atom is -0.492 e. The van der Waals surface area contributed by atoms with Crippen molar-refractivity contribution in [2.45, 2.75) is 13.0 Å². The number of halogens is 1. The Hall–Kier alpha value is -2.83. The molecule has 0 spiro atoms. The summed E-state index contributed by atoms with van der Waals surface area (Å²) in [6.07, 6.45) is 0. The molecule has 2 heterocycles. The molecule has 0 radical (unpaired) electrons. The average molecular weight is 358 g/mol. The molecule has 26 heavy (non-hydrogen) atoms. The van der Waals surface area contributed by atoms with E-state index in [1.807, 2.05) is 42.2 Å². The molecule has 1 aliphatic heterocycles. The van der Waals surface area contributed by atoms with E-state index < -0.39 is 5.95 Å². The first-order valence-electron chi connectivity index (χ1n) is 8.73. The van der Waals surface area contributed by atoms with Crippen molar-refractivity contribution in [3.05, 3.63) is 54.5 Å². The van der Waals surface area contributed by atoms with Crippen molar-refractivity contribution >= 4 is 11.8 Å². The number of nitrogens with one attached hydrogen (secondary N) is 1. The number of para-hydroxylation sites is 1. The normalized spacial score (nSPS) is 17.1. The molecule has 1 atom stereocenters. The lowest BCUT2D eigenvalue weighted by Gasteiger charge is -2.40. The number of hydrogen-bond donors (Lipinski definition) is 1. The minimum atomic E-state index is -0.492. The van der Waals surface area contributed by atoms with E-state index in [9.17, 15) is 9.18 Å². The third-order valence-corrected chi connectivity index (χ3v) is 4.30. The van der Waals surface area contributed by atoms with Gasteiger partial charge in [0, 0.05) is 25.7 Å². The van der Waals surface area contributed by atoms with E-state index in [-0.39, 0.29) is 12.1 Å². The summed E-state index contributed by atoms with van der Waals surface area (Å²) in [5.41, 5.74) is 0. The lowest BCUT2D eigenvalue weighted by molar-refractivity contribution is 0.183. The predicted octanol–water partition coefficient (Wildman–Crippen LogP) is 2.52. The second kappa shape index (κ2) is 8.51. The van der Waals surface area contributed by atoms with Gasteiger partial charge in [-0.1, -0.05) is 24.3 Å². The topological polar surface area (TPSA) is 57.7 Å². The van der Waals surface area contributed by atoms with Gasteiger partial charge in [0.1, 0.15) is 18.2 Å². The fourth-order valence-corrected chi connectivity index (χ4v) is 3.00. The van der Waals surface area contributed by atoms with Crippen molar-refractivity contribution < 1.29 is 13.9 Å². The van der Waals surface area contributed by atoms with Gasteiger partial charge < -0.3 is 19.9 Å². The van der Waals surface area contributed by atoms with Gasteiger partial charge in [-0.2, -0.15) is 4.39 Å². The van der Waals surface area contributed by atoms with Crippen LogP contribution in [0.3, 0.4) is 0 Å². The molecule has 1 aromatic heterocycles. The van der Waals surface area contributed by atoms with Crippen LogP contribution in [-0.2, 0) is 0 Å². The number of pyridine rings is 1. The molecule has 1 saturated heterocycles. The summed E-state index contributed by atoms with van der Waals surface area (Å²) >= 11 is 0. The monoisotopic (exact) mass is 358 g/mol. The number of aromatic nitrogens is 1. The van der Waals surface area contributed by atoms with Crippen LogP contribution in [0.4, 0.5) is 15.0 Å². The van der Waals surface area contributed by atoms with Crippen LogP contribution in [0.1, 0.15) is 6.92 Å². The Labute approximate surface area is 152 Å². The third-order valence-electron chi connectivity index (χ3n) is 4.30. The number of piperazine rings is 1. The maximum atomic E-state index is 13.3. The number of anilines is 1. The molecule has 3 rings (SSSR count). The van der Waals surface area contributed by atoms with Gasteiger partial charge in [0.2, 0.25) is 5.95 Å². The highest BCUT2D eigenvalue weighted by Crippen LogP contribution is 2.18. The number of urea groups is 1. The van der Waals surface area contributed by atoms with Gasteiger partial charge in [0.15, 0.2) is 0 Å². The molecule has 1 unspecified atom stereocenters. The number of amides is 2. The predicted molar refractivity (Wildman–Crippen MR) is 97.9 cm³/mol. The minimum absolute atomic E-state index is 0.0596. The van der Waals surface area contributed by atoms with Gasteiger partial charge in [-0.05, 0) is 31.2 Å². The fourth-order valence-electron chi connectivity index (χ4n) is 3.00. The SMILES string of the molecule is CC1CN(C(=O)NCCOc2ccccc2)CCN1c1cccc(F)n1. The number of carbonyl (C=O) groups excluding carboxylic acids is 1. The second-order valence-electron chi connectivity index (χ2n) is 6.20. The molecule has 7 heteroatoms. The molecule has 0 aliphatic carbocycles. The van der Waals surface area contributed by atoms with E-state index in [1.165, 1.54) is 6.07 Å². The van der Waals surface area contributed by atoms with Crippen LogP contribution >= 0.6 is 0 Å². The number of nitrogens with zero attached hydrogens (tertiary/aromatic N) is 3. The van der Waals surface area contributed by atoms with Crippen LogP contribution in [0.15, 0.2) is 48.5 Å². The third kappa shape index (κ3) is 4.62. The molecule has 138 valence electrons. The van der Waals surface area contributed by atoms with E-state index in [0.717, 1.165) is 5.75 Å². The Bertz CT molecular complexity index is 728. The quantitative estimate of drug-likeness (QED) is 0.659. The van der Waals surface area contributed by atoms with E-state index in [0.29, 0.717) is 38.6 Å². The van der Waals surface area contributed by atoms with Crippen molar-refractivity contribution in [2.24, 2.45) is 0 Å².